The van der Waals surface area contributed by atoms with Gasteiger partial charge in [0.2, 0.25) is 0 Å². The van der Waals surface area contributed by atoms with Crippen LogP contribution in [-0.4, -0.2) is 45.8 Å². The van der Waals surface area contributed by atoms with Gasteiger partial charge in [-0.25, -0.2) is 4.99 Å². The standard InChI is InChI=1S/C14H20F3N3O3.HI/c1-21-8-9-22-7-6-19-13(18)20-10-11-2-4-12(5-3-11)23-14(15,16)17;/h2-5H,6-10H2,1H3,(H3,18,19,20);1H. The molecule has 10 heteroatoms. The van der Waals surface area contributed by atoms with Gasteiger partial charge in [0.15, 0.2) is 5.96 Å². The lowest BCUT2D eigenvalue weighted by Crippen LogP contribution is -2.34. The van der Waals surface area contributed by atoms with Crippen LogP contribution in [0.1, 0.15) is 5.56 Å². The molecular weight excluding hydrogens is 442 g/mol. The maximum Gasteiger partial charge on any atom is 0.573 e. The van der Waals surface area contributed by atoms with Gasteiger partial charge in [0.25, 0.3) is 0 Å². The molecule has 0 amide bonds. The number of hydrogen-bond donors (Lipinski definition) is 2. The normalized spacial score (nSPS) is 11.8. The minimum absolute atomic E-state index is 0. The molecule has 0 unspecified atom stereocenters. The first-order valence-corrected chi connectivity index (χ1v) is 6.86. The van der Waals surface area contributed by atoms with E-state index in [0.717, 1.165) is 0 Å². The summed E-state index contributed by atoms with van der Waals surface area (Å²) >= 11 is 0. The summed E-state index contributed by atoms with van der Waals surface area (Å²) in [6.45, 7) is 2.23. The van der Waals surface area contributed by atoms with Gasteiger partial charge >= 0.3 is 6.36 Å². The van der Waals surface area contributed by atoms with Gasteiger partial charge in [0.1, 0.15) is 5.75 Å². The number of rotatable bonds is 9. The predicted molar refractivity (Wildman–Crippen MR) is 94.6 cm³/mol. The second kappa shape index (κ2) is 12.1. The first-order valence-electron chi connectivity index (χ1n) is 6.86. The van der Waals surface area contributed by atoms with Crippen LogP contribution in [-0.2, 0) is 16.0 Å². The number of nitrogens with zero attached hydrogens (tertiary/aromatic N) is 1. The number of ether oxygens (including phenoxy) is 3. The molecule has 0 heterocycles. The van der Waals surface area contributed by atoms with E-state index in [1.807, 2.05) is 0 Å². The number of benzene rings is 1. The van der Waals surface area contributed by atoms with Crippen molar-refractivity contribution < 1.29 is 27.4 Å². The van der Waals surface area contributed by atoms with Crippen molar-refractivity contribution in [2.75, 3.05) is 33.5 Å². The minimum Gasteiger partial charge on any atom is -0.406 e. The molecule has 0 radical (unpaired) electrons. The highest BCUT2D eigenvalue weighted by atomic mass is 127. The summed E-state index contributed by atoms with van der Waals surface area (Å²) in [5.41, 5.74) is 6.37. The van der Waals surface area contributed by atoms with Crippen LogP contribution in [0.15, 0.2) is 29.3 Å². The number of nitrogens with one attached hydrogen (secondary N) is 1. The minimum atomic E-state index is -4.70. The number of halogens is 4. The van der Waals surface area contributed by atoms with Crippen molar-refractivity contribution in [3.8, 4) is 5.75 Å². The van der Waals surface area contributed by atoms with Crippen LogP contribution in [0.25, 0.3) is 0 Å². The van der Waals surface area contributed by atoms with Gasteiger partial charge in [0.05, 0.1) is 26.4 Å². The van der Waals surface area contributed by atoms with Crippen LogP contribution in [0.5, 0.6) is 5.75 Å². The Hall–Kier alpha value is -1.27. The Morgan fingerprint density at radius 2 is 1.83 bits per heavy atom. The zero-order valence-electron chi connectivity index (χ0n) is 13.1. The Kier molecular flexibility index (Phi) is 11.5. The van der Waals surface area contributed by atoms with Crippen molar-refractivity contribution in [1.82, 2.24) is 5.32 Å². The Balaban J connectivity index is 0.00000529. The number of aliphatic imine (C=N–C) groups is 1. The summed E-state index contributed by atoms with van der Waals surface area (Å²) in [5.74, 6) is -0.0412. The summed E-state index contributed by atoms with van der Waals surface area (Å²) in [4.78, 5) is 4.07. The van der Waals surface area contributed by atoms with Gasteiger partial charge in [-0.15, -0.1) is 37.1 Å². The van der Waals surface area contributed by atoms with Crippen LogP contribution in [0.2, 0.25) is 0 Å². The average molecular weight is 463 g/mol. The summed E-state index contributed by atoms with van der Waals surface area (Å²) in [6, 6.07) is 5.44. The lowest BCUT2D eigenvalue weighted by Gasteiger charge is -2.09. The molecular formula is C14H21F3IN3O3. The quantitative estimate of drug-likeness (QED) is 0.254. The van der Waals surface area contributed by atoms with Crippen molar-refractivity contribution in [2.24, 2.45) is 10.7 Å². The van der Waals surface area contributed by atoms with Crippen molar-refractivity contribution >= 4 is 29.9 Å². The summed E-state index contributed by atoms with van der Waals surface area (Å²) in [7, 11) is 1.59. The second-order valence-electron chi connectivity index (χ2n) is 4.43. The molecule has 24 heavy (non-hydrogen) atoms. The number of methoxy groups -OCH3 is 1. The highest BCUT2D eigenvalue weighted by Gasteiger charge is 2.30. The molecule has 0 bridgehead atoms. The smallest absolute Gasteiger partial charge is 0.406 e. The lowest BCUT2D eigenvalue weighted by molar-refractivity contribution is -0.274. The van der Waals surface area contributed by atoms with E-state index in [9.17, 15) is 13.2 Å². The number of alkyl halides is 3. The fourth-order valence-electron chi connectivity index (χ4n) is 1.52. The van der Waals surface area contributed by atoms with Crippen molar-refractivity contribution in [2.45, 2.75) is 12.9 Å². The number of nitrogens with two attached hydrogens (primary N) is 1. The molecule has 0 aromatic heterocycles. The largest absolute Gasteiger partial charge is 0.573 e. The number of guanidine groups is 1. The molecule has 1 rings (SSSR count). The van der Waals surface area contributed by atoms with E-state index in [0.29, 0.717) is 31.9 Å². The maximum absolute atomic E-state index is 12.0. The molecule has 0 spiro atoms. The van der Waals surface area contributed by atoms with Gasteiger partial charge < -0.3 is 25.3 Å². The molecule has 0 saturated heterocycles. The zero-order valence-corrected chi connectivity index (χ0v) is 15.5. The fourth-order valence-corrected chi connectivity index (χ4v) is 1.52. The second-order valence-corrected chi connectivity index (χ2v) is 4.43. The molecule has 0 aliphatic carbocycles. The Morgan fingerprint density at radius 1 is 1.17 bits per heavy atom. The van der Waals surface area contributed by atoms with Gasteiger partial charge in [-0.2, -0.15) is 0 Å². The third-order valence-corrected chi connectivity index (χ3v) is 2.57. The van der Waals surface area contributed by atoms with Gasteiger partial charge in [-0.05, 0) is 17.7 Å². The molecule has 6 nitrogen and oxygen atoms in total. The van der Waals surface area contributed by atoms with Crippen LogP contribution >= 0.6 is 24.0 Å². The highest BCUT2D eigenvalue weighted by molar-refractivity contribution is 14.0. The van der Waals surface area contributed by atoms with E-state index in [2.05, 4.69) is 15.0 Å². The third kappa shape index (κ3) is 11.3. The van der Waals surface area contributed by atoms with E-state index in [4.69, 9.17) is 15.2 Å². The lowest BCUT2D eigenvalue weighted by atomic mass is 10.2. The fraction of sp³-hybridized carbons (Fsp3) is 0.500. The van der Waals surface area contributed by atoms with Crippen molar-refractivity contribution in [1.29, 1.82) is 0 Å². The maximum atomic E-state index is 12.0. The van der Waals surface area contributed by atoms with E-state index in [-0.39, 0.29) is 42.2 Å². The molecule has 0 fully saturated rings. The van der Waals surface area contributed by atoms with Crippen LogP contribution in [0, 0.1) is 0 Å². The van der Waals surface area contributed by atoms with Gasteiger partial charge in [0, 0.05) is 13.7 Å². The monoisotopic (exact) mass is 463 g/mol. The average Bonchev–Trinajstić information content (AvgIpc) is 2.48. The van der Waals surface area contributed by atoms with Crippen LogP contribution in [0.3, 0.4) is 0 Å². The first-order chi connectivity index (χ1) is 10.9. The summed E-state index contributed by atoms with van der Waals surface area (Å²) < 4.78 is 49.9. The highest BCUT2D eigenvalue weighted by Crippen LogP contribution is 2.22. The molecule has 0 saturated carbocycles. The Morgan fingerprint density at radius 3 is 2.42 bits per heavy atom. The first kappa shape index (κ1) is 22.7. The molecule has 1 aromatic rings. The van der Waals surface area contributed by atoms with Crippen molar-refractivity contribution in [3.63, 3.8) is 0 Å². The topological polar surface area (TPSA) is 78.1 Å². The molecule has 0 atom stereocenters. The van der Waals surface area contributed by atoms with Gasteiger partial charge in [-0.1, -0.05) is 12.1 Å². The molecule has 1 aromatic carbocycles. The third-order valence-electron chi connectivity index (χ3n) is 2.57. The molecule has 0 aliphatic rings. The van der Waals surface area contributed by atoms with E-state index < -0.39 is 6.36 Å². The molecule has 138 valence electrons. The predicted octanol–water partition coefficient (Wildman–Crippen LogP) is 2.27. The zero-order chi connectivity index (χ0) is 17.1. The summed E-state index contributed by atoms with van der Waals surface area (Å²) in [5, 5.41) is 2.86. The van der Waals surface area contributed by atoms with Crippen LogP contribution < -0.4 is 15.8 Å². The van der Waals surface area contributed by atoms with E-state index in [1.54, 1.807) is 7.11 Å². The SMILES string of the molecule is COCCOCCNC(N)=NCc1ccc(OC(F)(F)F)cc1.I. The molecule has 0 aliphatic heterocycles. The van der Waals surface area contributed by atoms with Crippen molar-refractivity contribution in [3.05, 3.63) is 29.8 Å². The van der Waals surface area contributed by atoms with Gasteiger partial charge in [-0.3, -0.25) is 0 Å². The Bertz CT molecular complexity index is 484. The Labute approximate surface area is 155 Å². The van der Waals surface area contributed by atoms with Crippen LogP contribution in [0.4, 0.5) is 13.2 Å². The van der Waals surface area contributed by atoms with E-state index >= 15 is 0 Å². The molecule has 3 N–H and O–H groups in total. The van der Waals surface area contributed by atoms with E-state index in [1.165, 1.54) is 24.3 Å². The summed E-state index contributed by atoms with van der Waals surface area (Å²) in [6.07, 6.45) is -4.70. The number of hydrogen-bond acceptors (Lipinski definition) is 4.